The van der Waals surface area contributed by atoms with Crippen molar-refractivity contribution in [1.82, 2.24) is 5.32 Å². The van der Waals surface area contributed by atoms with Crippen molar-refractivity contribution < 1.29 is 14.3 Å². The minimum atomic E-state index is -0.871. The van der Waals surface area contributed by atoms with Crippen molar-refractivity contribution in [1.29, 1.82) is 0 Å². The number of nitrogens with one attached hydrogen (secondary N) is 1. The van der Waals surface area contributed by atoms with Gasteiger partial charge in [-0.05, 0) is 30.5 Å². The number of esters is 1. The fraction of sp³-hybridized carbons (Fsp3) is 0.333. The standard InChI is InChI=1S/C12H15NO3/c1-8-4-5-10(6-9(8)2)7-13-11(14)12(15)16-3/h4-6H,7H2,1-3H3,(H,13,14). The summed E-state index contributed by atoms with van der Waals surface area (Å²) >= 11 is 0. The molecule has 0 bridgehead atoms. The number of amides is 1. The van der Waals surface area contributed by atoms with Crippen molar-refractivity contribution >= 4 is 11.9 Å². The van der Waals surface area contributed by atoms with Gasteiger partial charge in [0.1, 0.15) is 0 Å². The third-order valence-electron chi connectivity index (χ3n) is 2.40. The first-order chi connectivity index (χ1) is 7.54. The number of rotatable bonds is 2. The summed E-state index contributed by atoms with van der Waals surface area (Å²) in [4.78, 5) is 21.9. The number of hydrogen-bond acceptors (Lipinski definition) is 3. The average molecular weight is 221 g/mol. The van der Waals surface area contributed by atoms with E-state index in [4.69, 9.17) is 0 Å². The monoisotopic (exact) mass is 221 g/mol. The molecule has 0 aliphatic heterocycles. The normalized spacial score (nSPS) is 9.69. The van der Waals surface area contributed by atoms with E-state index in [0.29, 0.717) is 6.54 Å². The van der Waals surface area contributed by atoms with Crippen molar-refractivity contribution in [2.45, 2.75) is 20.4 Å². The van der Waals surface area contributed by atoms with Crippen LogP contribution >= 0.6 is 0 Å². The summed E-state index contributed by atoms with van der Waals surface area (Å²) in [5.74, 6) is -1.59. The Morgan fingerprint density at radius 2 is 1.94 bits per heavy atom. The van der Waals surface area contributed by atoms with Crippen LogP contribution in [-0.2, 0) is 20.9 Å². The molecule has 0 atom stereocenters. The topological polar surface area (TPSA) is 55.4 Å². The number of carbonyl (C=O) groups is 2. The lowest BCUT2D eigenvalue weighted by Gasteiger charge is -2.06. The molecule has 0 heterocycles. The number of methoxy groups -OCH3 is 1. The second-order valence-corrected chi connectivity index (χ2v) is 3.59. The van der Waals surface area contributed by atoms with Crippen LogP contribution in [0.4, 0.5) is 0 Å². The molecule has 1 N–H and O–H groups in total. The second-order valence-electron chi connectivity index (χ2n) is 3.59. The molecule has 0 spiro atoms. The van der Waals surface area contributed by atoms with Crippen LogP contribution in [0.5, 0.6) is 0 Å². The quantitative estimate of drug-likeness (QED) is 0.601. The van der Waals surface area contributed by atoms with Gasteiger partial charge in [0.15, 0.2) is 0 Å². The van der Waals surface area contributed by atoms with E-state index < -0.39 is 11.9 Å². The summed E-state index contributed by atoms with van der Waals surface area (Å²) in [6, 6.07) is 5.88. The van der Waals surface area contributed by atoms with Gasteiger partial charge in [-0.1, -0.05) is 18.2 Å². The molecule has 4 heteroatoms. The molecule has 1 aromatic rings. The van der Waals surface area contributed by atoms with Crippen molar-refractivity contribution in [2.24, 2.45) is 0 Å². The van der Waals surface area contributed by atoms with Crippen LogP contribution in [-0.4, -0.2) is 19.0 Å². The molecule has 0 aliphatic carbocycles. The molecule has 4 nitrogen and oxygen atoms in total. The van der Waals surface area contributed by atoms with E-state index in [0.717, 1.165) is 11.1 Å². The van der Waals surface area contributed by atoms with E-state index in [9.17, 15) is 9.59 Å². The maximum Gasteiger partial charge on any atom is 0.396 e. The van der Waals surface area contributed by atoms with Gasteiger partial charge in [-0.3, -0.25) is 4.79 Å². The molecule has 0 saturated carbocycles. The SMILES string of the molecule is COC(=O)C(=O)NCc1ccc(C)c(C)c1. The van der Waals surface area contributed by atoms with Gasteiger partial charge in [-0.15, -0.1) is 0 Å². The van der Waals surface area contributed by atoms with Crippen LogP contribution in [0.1, 0.15) is 16.7 Å². The number of aryl methyl sites for hydroxylation is 2. The molecule has 0 aliphatic rings. The predicted octanol–water partition coefficient (Wildman–Crippen LogP) is 1.09. The lowest BCUT2D eigenvalue weighted by atomic mass is 10.1. The summed E-state index contributed by atoms with van der Waals surface area (Å²) in [6.45, 7) is 4.35. The van der Waals surface area contributed by atoms with Crippen LogP contribution in [0, 0.1) is 13.8 Å². The van der Waals surface area contributed by atoms with E-state index >= 15 is 0 Å². The van der Waals surface area contributed by atoms with E-state index in [-0.39, 0.29) is 0 Å². The molecule has 0 saturated heterocycles. The van der Waals surface area contributed by atoms with E-state index in [1.807, 2.05) is 32.0 Å². The highest BCUT2D eigenvalue weighted by Crippen LogP contribution is 2.09. The Morgan fingerprint density at radius 1 is 1.25 bits per heavy atom. The van der Waals surface area contributed by atoms with Gasteiger partial charge in [0.2, 0.25) is 0 Å². The van der Waals surface area contributed by atoms with Gasteiger partial charge >= 0.3 is 11.9 Å². The average Bonchev–Trinajstić information content (AvgIpc) is 2.29. The maximum atomic E-state index is 11.1. The van der Waals surface area contributed by atoms with Gasteiger partial charge in [0.05, 0.1) is 7.11 Å². The second kappa shape index (κ2) is 5.30. The minimum Gasteiger partial charge on any atom is -0.462 e. The Bertz CT molecular complexity index is 413. The highest BCUT2D eigenvalue weighted by atomic mass is 16.5. The summed E-state index contributed by atoms with van der Waals surface area (Å²) in [7, 11) is 1.18. The Kier molecular flexibility index (Phi) is 4.05. The molecular formula is C12H15NO3. The Balaban J connectivity index is 2.58. The first-order valence-electron chi connectivity index (χ1n) is 4.97. The fourth-order valence-corrected chi connectivity index (χ4v) is 1.26. The van der Waals surface area contributed by atoms with Crippen LogP contribution in [0.3, 0.4) is 0 Å². The zero-order valence-electron chi connectivity index (χ0n) is 9.66. The number of hydrogen-bond donors (Lipinski definition) is 1. The third kappa shape index (κ3) is 3.08. The first kappa shape index (κ1) is 12.2. The Labute approximate surface area is 94.6 Å². The van der Waals surface area contributed by atoms with Gasteiger partial charge in [0, 0.05) is 6.54 Å². The number of benzene rings is 1. The zero-order chi connectivity index (χ0) is 12.1. The van der Waals surface area contributed by atoms with E-state index in [1.165, 1.54) is 12.7 Å². The van der Waals surface area contributed by atoms with Crippen molar-refractivity contribution in [3.8, 4) is 0 Å². The van der Waals surface area contributed by atoms with Crippen molar-refractivity contribution in [3.05, 3.63) is 34.9 Å². The molecule has 0 aromatic heterocycles. The van der Waals surface area contributed by atoms with Crippen molar-refractivity contribution in [3.63, 3.8) is 0 Å². The fourth-order valence-electron chi connectivity index (χ4n) is 1.26. The first-order valence-corrected chi connectivity index (χ1v) is 4.97. The van der Waals surface area contributed by atoms with Gasteiger partial charge in [0.25, 0.3) is 0 Å². The highest BCUT2D eigenvalue weighted by Gasteiger charge is 2.12. The Morgan fingerprint density at radius 3 is 2.50 bits per heavy atom. The largest absolute Gasteiger partial charge is 0.462 e. The third-order valence-corrected chi connectivity index (χ3v) is 2.40. The summed E-state index contributed by atoms with van der Waals surface area (Å²) in [5, 5.41) is 2.48. The maximum absolute atomic E-state index is 11.1. The molecule has 0 radical (unpaired) electrons. The lowest BCUT2D eigenvalue weighted by Crippen LogP contribution is -2.31. The molecule has 1 amide bonds. The van der Waals surface area contributed by atoms with Crippen molar-refractivity contribution in [2.75, 3.05) is 7.11 Å². The lowest BCUT2D eigenvalue weighted by molar-refractivity contribution is -0.152. The Hall–Kier alpha value is -1.84. The minimum absolute atomic E-state index is 0.328. The summed E-state index contributed by atoms with van der Waals surface area (Å²) in [6.07, 6.45) is 0. The molecule has 16 heavy (non-hydrogen) atoms. The van der Waals surface area contributed by atoms with Gasteiger partial charge in [-0.2, -0.15) is 0 Å². The number of carbonyl (C=O) groups excluding carboxylic acids is 2. The van der Waals surface area contributed by atoms with Crippen LogP contribution in [0.25, 0.3) is 0 Å². The zero-order valence-corrected chi connectivity index (χ0v) is 9.66. The van der Waals surface area contributed by atoms with Gasteiger partial charge in [-0.25, -0.2) is 4.79 Å². The molecule has 0 fully saturated rings. The summed E-state index contributed by atoms with van der Waals surface area (Å²) < 4.78 is 4.29. The van der Waals surface area contributed by atoms with Gasteiger partial charge < -0.3 is 10.1 Å². The molecular weight excluding hydrogens is 206 g/mol. The highest BCUT2D eigenvalue weighted by molar-refractivity contribution is 6.32. The smallest absolute Gasteiger partial charge is 0.396 e. The van der Waals surface area contributed by atoms with Crippen LogP contribution < -0.4 is 5.32 Å². The van der Waals surface area contributed by atoms with Crippen LogP contribution in [0.2, 0.25) is 0 Å². The number of ether oxygens (including phenoxy) is 1. The van der Waals surface area contributed by atoms with E-state index in [1.54, 1.807) is 0 Å². The van der Waals surface area contributed by atoms with E-state index in [2.05, 4.69) is 10.1 Å². The molecule has 1 rings (SSSR count). The molecule has 0 unspecified atom stereocenters. The molecule has 86 valence electrons. The molecule has 1 aromatic carbocycles. The van der Waals surface area contributed by atoms with Crippen LogP contribution in [0.15, 0.2) is 18.2 Å². The predicted molar refractivity (Wildman–Crippen MR) is 59.8 cm³/mol. The summed E-state index contributed by atoms with van der Waals surface area (Å²) in [5.41, 5.74) is 3.31.